The van der Waals surface area contributed by atoms with Gasteiger partial charge in [0.15, 0.2) is 0 Å². The van der Waals surface area contributed by atoms with Gasteiger partial charge in [-0.05, 0) is 59.8 Å². The fourth-order valence-electron chi connectivity index (χ4n) is 2.42. The minimum atomic E-state index is -0.254. The third kappa shape index (κ3) is 2.46. The molecule has 0 aromatic heterocycles. The van der Waals surface area contributed by atoms with Crippen LogP contribution in [0.5, 0.6) is 0 Å². The molecule has 4 N–H and O–H groups in total. The molecule has 0 aliphatic carbocycles. The van der Waals surface area contributed by atoms with Crippen molar-refractivity contribution in [3.8, 4) is 0 Å². The third-order valence-corrected chi connectivity index (χ3v) is 4.11. The molecule has 18 heavy (non-hydrogen) atoms. The minimum Gasteiger partial charge on any atom is -0.398 e. The minimum absolute atomic E-state index is 0.210. The molecule has 0 spiro atoms. The number of nitrogens with zero attached hydrogens (tertiary/aromatic N) is 1. The number of hydrogen-bond acceptors (Lipinski definition) is 3. The van der Waals surface area contributed by atoms with Gasteiger partial charge >= 0.3 is 0 Å². The molecule has 1 aromatic rings. The van der Waals surface area contributed by atoms with E-state index >= 15 is 0 Å². The van der Waals surface area contributed by atoms with Crippen LogP contribution >= 0.6 is 15.9 Å². The van der Waals surface area contributed by atoms with E-state index in [1.807, 2.05) is 19.1 Å². The van der Waals surface area contributed by atoms with Crippen molar-refractivity contribution >= 4 is 33.2 Å². The SMILES string of the molecule is Cc1cc(N2CCCCC2C(N)=O)c(Br)cc1N. The molecule has 98 valence electrons. The van der Waals surface area contributed by atoms with Crippen molar-refractivity contribution < 1.29 is 4.79 Å². The van der Waals surface area contributed by atoms with Crippen molar-refractivity contribution in [3.05, 3.63) is 22.2 Å². The second kappa shape index (κ2) is 5.18. The first kappa shape index (κ1) is 13.2. The number of halogens is 1. The predicted molar refractivity (Wildman–Crippen MR) is 77.5 cm³/mol. The predicted octanol–water partition coefficient (Wildman–Crippen LogP) is 2.18. The molecule has 1 unspecified atom stereocenters. The summed E-state index contributed by atoms with van der Waals surface area (Å²) < 4.78 is 0.916. The molecule has 2 rings (SSSR count). The van der Waals surface area contributed by atoms with Crippen LogP contribution in [0.25, 0.3) is 0 Å². The van der Waals surface area contributed by atoms with Crippen molar-refractivity contribution in [1.82, 2.24) is 0 Å². The standard InChI is InChI=1S/C13H18BrN3O/c1-8-6-12(9(14)7-10(8)15)17-5-3-2-4-11(17)13(16)18/h6-7,11H,2-5,15H2,1H3,(H2,16,18). The normalized spacial score (nSPS) is 19.9. The van der Waals surface area contributed by atoms with Crippen LogP contribution in [-0.2, 0) is 4.79 Å². The Hall–Kier alpha value is -1.23. The van der Waals surface area contributed by atoms with E-state index in [2.05, 4.69) is 20.8 Å². The molecule has 0 bridgehead atoms. The van der Waals surface area contributed by atoms with Gasteiger partial charge in [0, 0.05) is 16.7 Å². The highest BCUT2D eigenvalue weighted by Crippen LogP contribution is 2.34. The zero-order chi connectivity index (χ0) is 13.3. The monoisotopic (exact) mass is 311 g/mol. The van der Waals surface area contributed by atoms with Gasteiger partial charge in [-0.25, -0.2) is 0 Å². The van der Waals surface area contributed by atoms with Gasteiger partial charge < -0.3 is 16.4 Å². The summed E-state index contributed by atoms with van der Waals surface area (Å²) in [4.78, 5) is 13.6. The van der Waals surface area contributed by atoms with Crippen molar-refractivity contribution in [2.75, 3.05) is 17.2 Å². The molecular weight excluding hydrogens is 294 g/mol. The lowest BCUT2D eigenvalue weighted by Gasteiger charge is -2.36. The van der Waals surface area contributed by atoms with E-state index in [0.29, 0.717) is 0 Å². The van der Waals surface area contributed by atoms with Gasteiger partial charge in [0.1, 0.15) is 6.04 Å². The Morgan fingerprint density at radius 1 is 1.44 bits per heavy atom. The van der Waals surface area contributed by atoms with Crippen molar-refractivity contribution in [2.24, 2.45) is 5.73 Å². The van der Waals surface area contributed by atoms with Crippen molar-refractivity contribution in [3.63, 3.8) is 0 Å². The van der Waals surface area contributed by atoms with Gasteiger partial charge in [-0.15, -0.1) is 0 Å². The quantitative estimate of drug-likeness (QED) is 0.822. The Kier molecular flexibility index (Phi) is 3.80. The first-order chi connectivity index (χ1) is 8.50. The molecule has 1 fully saturated rings. The largest absolute Gasteiger partial charge is 0.398 e. The molecular formula is C13H18BrN3O. The number of nitrogens with two attached hydrogens (primary N) is 2. The summed E-state index contributed by atoms with van der Waals surface area (Å²) in [6, 6.07) is 3.69. The van der Waals surface area contributed by atoms with Gasteiger partial charge in [-0.1, -0.05) is 0 Å². The number of carbonyl (C=O) groups excluding carboxylic acids is 1. The maximum absolute atomic E-state index is 11.5. The molecule has 4 nitrogen and oxygen atoms in total. The maximum Gasteiger partial charge on any atom is 0.240 e. The van der Waals surface area contributed by atoms with E-state index in [1.165, 1.54) is 0 Å². The molecule has 0 saturated carbocycles. The molecule has 1 atom stereocenters. The van der Waals surface area contributed by atoms with Crippen LogP contribution in [0.4, 0.5) is 11.4 Å². The topological polar surface area (TPSA) is 72.3 Å². The average molecular weight is 312 g/mol. The lowest BCUT2D eigenvalue weighted by Crippen LogP contribution is -2.48. The number of nitrogen functional groups attached to an aromatic ring is 1. The first-order valence-corrected chi connectivity index (χ1v) is 6.91. The summed E-state index contributed by atoms with van der Waals surface area (Å²) in [7, 11) is 0. The van der Waals surface area contributed by atoms with Crippen LogP contribution in [0.15, 0.2) is 16.6 Å². The lowest BCUT2D eigenvalue weighted by molar-refractivity contribution is -0.119. The average Bonchev–Trinajstić information content (AvgIpc) is 2.34. The number of anilines is 2. The summed E-state index contributed by atoms with van der Waals surface area (Å²) >= 11 is 3.52. The van der Waals surface area contributed by atoms with Gasteiger partial charge in [0.25, 0.3) is 0 Å². The number of rotatable bonds is 2. The van der Waals surface area contributed by atoms with E-state index in [4.69, 9.17) is 11.5 Å². The summed E-state index contributed by atoms with van der Waals surface area (Å²) in [5.74, 6) is -0.254. The molecule has 0 radical (unpaired) electrons. The summed E-state index contributed by atoms with van der Waals surface area (Å²) in [6.45, 7) is 2.82. The first-order valence-electron chi connectivity index (χ1n) is 6.12. The zero-order valence-electron chi connectivity index (χ0n) is 10.4. The molecule has 5 heteroatoms. The number of piperidine rings is 1. The number of aryl methyl sites for hydroxylation is 1. The van der Waals surface area contributed by atoms with E-state index in [9.17, 15) is 4.79 Å². The third-order valence-electron chi connectivity index (χ3n) is 3.48. The van der Waals surface area contributed by atoms with Gasteiger partial charge in [-0.3, -0.25) is 4.79 Å². The van der Waals surface area contributed by atoms with Gasteiger partial charge in [0.2, 0.25) is 5.91 Å². The summed E-state index contributed by atoms with van der Waals surface area (Å²) in [5, 5.41) is 0. The smallest absolute Gasteiger partial charge is 0.240 e. The highest BCUT2D eigenvalue weighted by molar-refractivity contribution is 9.10. The highest BCUT2D eigenvalue weighted by Gasteiger charge is 2.28. The molecule has 1 heterocycles. The fraction of sp³-hybridized carbons (Fsp3) is 0.462. The Balaban J connectivity index is 2.39. The van der Waals surface area contributed by atoms with Crippen LogP contribution < -0.4 is 16.4 Å². The number of amides is 1. The second-order valence-corrected chi connectivity index (χ2v) is 5.62. The maximum atomic E-state index is 11.5. The van der Waals surface area contributed by atoms with E-state index < -0.39 is 0 Å². The van der Waals surface area contributed by atoms with Crippen LogP contribution in [0.2, 0.25) is 0 Å². The number of hydrogen-bond donors (Lipinski definition) is 2. The summed E-state index contributed by atoms with van der Waals surface area (Å²) in [6.07, 6.45) is 2.96. The van der Waals surface area contributed by atoms with Crippen molar-refractivity contribution in [2.45, 2.75) is 32.2 Å². The number of carbonyl (C=O) groups is 1. The Labute approximate surface area is 115 Å². The van der Waals surface area contributed by atoms with Crippen LogP contribution in [0.1, 0.15) is 24.8 Å². The summed E-state index contributed by atoms with van der Waals surface area (Å²) in [5.41, 5.74) is 14.1. The van der Waals surface area contributed by atoms with Crippen LogP contribution in [-0.4, -0.2) is 18.5 Å². The van der Waals surface area contributed by atoms with Crippen LogP contribution in [0, 0.1) is 6.92 Å². The molecule has 1 aromatic carbocycles. The molecule has 1 saturated heterocycles. The zero-order valence-corrected chi connectivity index (χ0v) is 12.0. The molecule has 1 aliphatic rings. The van der Waals surface area contributed by atoms with Crippen molar-refractivity contribution in [1.29, 1.82) is 0 Å². The Morgan fingerprint density at radius 3 is 2.83 bits per heavy atom. The fourth-order valence-corrected chi connectivity index (χ4v) is 3.01. The van der Waals surface area contributed by atoms with Gasteiger partial charge in [0.05, 0.1) is 5.69 Å². The van der Waals surface area contributed by atoms with Gasteiger partial charge in [-0.2, -0.15) is 0 Å². The molecule has 1 amide bonds. The van der Waals surface area contributed by atoms with E-state index in [1.54, 1.807) is 0 Å². The van der Waals surface area contributed by atoms with Crippen LogP contribution in [0.3, 0.4) is 0 Å². The lowest BCUT2D eigenvalue weighted by atomic mass is 10.00. The Morgan fingerprint density at radius 2 is 2.17 bits per heavy atom. The van der Waals surface area contributed by atoms with E-state index in [-0.39, 0.29) is 11.9 Å². The highest BCUT2D eigenvalue weighted by atomic mass is 79.9. The Bertz CT molecular complexity index is 476. The van der Waals surface area contributed by atoms with E-state index in [0.717, 1.165) is 47.2 Å². The number of benzene rings is 1. The second-order valence-electron chi connectivity index (χ2n) is 4.77. The molecule has 1 aliphatic heterocycles. The number of primary amides is 1.